The fourth-order valence-electron chi connectivity index (χ4n) is 3.31. The van der Waals surface area contributed by atoms with Crippen LogP contribution in [0.15, 0.2) is 30.5 Å². The summed E-state index contributed by atoms with van der Waals surface area (Å²) in [6.07, 6.45) is 3.49. The van der Waals surface area contributed by atoms with Gasteiger partial charge in [-0.25, -0.2) is 4.79 Å². The van der Waals surface area contributed by atoms with E-state index in [-0.39, 0.29) is 5.56 Å². The number of fused-ring (bicyclic) bond motifs is 1. The number of hydrogen-bond donors (Lipinski definition) is 2. The van der Waals surface area contributed by atoms with E-state index in [4.69, 9.17) is 0 Å². The second-order valence-corrected chi connectivity index (χ2v) is 6.93. The van der Waals surface area contributed by atoms with Crippen molar-refractivity contribution in [1.29, 1.82) is 0 Å². The zero-order valence-electron chi connectivity index (χ0n) is 14.9. The number of nitrogens with zero attached hydrogens (tertiary/aromatic N) is 3. The Morgan fingerprint density at radius 2 is 2.04 bits per heavy atom. The minimum absolute atomic E-state index is 0.244. The number of rotatable bonds is 6. The van der Waals surface area contributed by atoms with Gasteiger partial charge < -0.3 is 20.2 Å². The Hall–Kier alpha value is -2.18. The molecule has 1 aromatic heterocycles. The minimum atomic E-state index is -0.941. The van der Waals surface area contributed by atoms with Crippen LogP contribution in [0, 0.1) is 0 Å². The average molecular weight is 342 g/mol. The van der Waals surface area contributed by atoms with Crippen molar-refractivity contribution in [2.45, 2.75) is 18.9 Å². The molecule has 0 amide bonds. The summed E-state index contributed by atoms with van der Waals surface area (Å²) in [7, 11) is 4.19. The van der Waals surface area contributed by atoms with Gasteiger partial charge in [-0.2, -0.15) is 0 Å². The molecular weight excluding hydrogens is 316 g/mol. The molecule has 6 heteroatoms. The molecule has 0 bridgehead atoms. The van der Waals surface area contributed by atoms with Gasteiger partial charge in [-0.05, 0) is 33.0 Å². The van der Waals surface area contributed by atoms with E-state index in [0.717, 1.165) is 49.9 Å². The number of anilines is 1. The van der Waals surface area contributed by atoms with Crippen molar-refractivity contribution in [3.63, 3.8) is 0 Å². The van der Waals surface area contributed by atoms with Crippen LogP contribution in [0.1, 0.15) is 23.2 Å². The second-order valence-electron chi connectivity index (χ2n) is 6.93. The lowest BCUT2D eigenvalue weighted by Gasteiger charge is -2.33. The molecule has 25 heavy (non-hydrogen) atoms. The molecule has 1 aliphatic heterocycles. The van der Waals surface area contributed by atoms with Crippen LogP contribution in [0.5, 0.6) is 0 Å². The highest BCUT2D eigenvalue weighted by Crippen LogP contribution is 2.28. The van der Waals surface area contributed by atoms with Crippen molar-refractivity contribution in [2.24, 2.45) is 0 Å². The molecule has 0 atom stereocenters. The number of hydrogen-bond acceptors (Lipinski definition) is 5. The Labute approximate surface area is 148 Å². The maximum atomic E-state index is 11.6. The molecule has 0 radical (unpaired) electrons. The summed E-state index contributed by atoms with van der Waals surface area (Å²) < 4.78 is 0. The fraction of sp³-hybridized carbons (Fsp3) is 0.474. The summed E-state index contributed by atoms with van der Waals surface area (Å²) in [5, 5.41) is 13.9. The first-order chi connectivity index (χ1) is 12.0. The molecule has 2 aromatic rings. The minimum Gasteiger partial charge on any atom is -0.478 e. The first-order valence-electron chi connectivity index (χ1n) is 8.79. The summed E-state index contributed by atoms with van der Waals surface area (Å²) in [5.74, 6) is -0.941. The Kier molecular flexibility index (Phi) is 5.50. The predicted molar refractivity (Wildman–Crippen MR) is 100 cm³/mol. The number of para-hydroxylation sites is 1. The number of pyridine rings is 1. The number of carboxylic acids is 1. The highest BCUT2D eigenvalue weighted by Gasteiger charge is 2.22. The van der Waals surface area contributed by atoms with Gasteiger partial charge in [0.2, 0.25) is 0 Å². The summed E-state index contributed by atoms with van der Waals surface area (Å²) in [5.41, 5.74) is 1.76. The van der Waals surface area contributed by atoms with Crippen LogP contribution < -0.4 is 5.32 Å². The maximum Gasteiger partial charge on any atom is 0.339 e. The van der Waals surface area contributed by atoms with Crippen molar-refractivity contribution >= 4 is 22.6 Å². The zero-order valence-corrected chi connectivity index (χ0v) is 14.9. The molecule has 0 unspecified atom stereocenters. The molecule has 0 spiro atoms. The molecule has 1 saturated heterocycles. The van der Waals surface area contributed by atoms with Crippen LogP contribution in [0.3, 0.4) is 0 Å². The molecule has 1 fully saturated rings. The predicted octanol–water partition coefficient (Wildman–Crippen LogP) is 2.37. The molecule has 2 heterocycles. The van der Waals surface area contributed by atoms with Crippen LogP contribution in [-0.4, -0.2) is 72.2 Å². The molecule has 1 aliphatic rings. The van der Waals surface area contributed by atoms with Crippen LogP contribution in [0.2, 0.25) is 0 Å². The van der Waals surface area contributed by atoms with Gasteiger partial charge in [0.15, 0.2) is 0 Å². The standard InChI is InChI=1S/C19H26N4O2/c1-22(2)11-12-23-9-7-14(8-10-23)21-18-15-5-3-4-6-17(15)20-13-16(18)19(24)25/h3-6,13-14H,7-12H2,1-2H3,(H,20,21)(H,24,25). The molecule has 3 rings (SSSR count). The molecule has 2 N–H and O–H groups in total. The Bertz CT molecular complexity index is 739. The first kappa shape index (κ1) is 17.6. The summed E-state index contributed by atoms with van der Waals surface area (Å²) in [4.78, 5) is 20.6. The smallest absolute Gasteiger partial charge is 0.339 e. The first-order valence-corrected chi connectivity index (χ1v) is 8.79. The van der Waals surface area contributed by atoms with Crippen LogP contribution >= 0.6 is 0 Å². The normalized spacial score (nSPS) is 16.4. The van der Waals surface area contributed by atoms with Crippen molar-refractivity contribution in [1.82, 2.24) is 14.8 Å². The lowest BCUT2D eigenvalue weighted by molar-refractivity contribution is 0.0697. The number of likely N-dealkylation sites (tertiary alicyclic amines) is 1. The summed E-state index contributed by atoms with van der Waals surface area (Å²) in [6, 6.07) is 7.98. The van der Waals surface area contributed by atoms with Gasteiger partial charge in [0.1, 0.15) is 5.56 Å². The van der Waals surface area contributed by atoms with Gasteiger partial charge in [-0.1, -0.05) is 18.2 Å². The molecule has 1 aromatic carbocycles. The number of aromatic nitrogens is 1. The number of nitrogens with one attached hydrogen (secondary N) is 1. The average Bonchev–Trinajstić information content (AvgIpc) is 2.61. The Balaban J connectivity index is 1.73. The molecule has 0 saturated carbocycles. The number of piperidine rings is 1. The lowest BCUT2D eigenvalue weighted by atomic mass is 10.0. The Morgan fingerprint density at radius 3 is 2.72 bits per heavy atom. The van der Waals surface area contributed by atoms with Gasteiger partial charge in [0, 0.05) is 43.8 Å². The van der Waals surface area contributed by atoms with Crippen LogP contribution in [-0.2, 0) is 0 Å². The quantitative estimate of drug-likeness (QED) is 0.840. The van der Waals surface area contributed by atoms with Gasteiger partial charge in [-0.3, -0.25) is 4.98 Å². The van der Waals surface area contributed by atoms with E-state index in [9.17, 15) is 9.90 Å². The van der Waals surface area contributed by atoms with Crippen molar-refractivity contribution in [3.8, 4) is 0 Å². The van der Waals surface area contributed by atoms with Gasteiger partial charge in [0.05, 0.1) is 11.2 Å². The third kappa shape index (κ3) is 4.27. The maximum absolute atomic E-state index is 11.6. The van der Waals surface area contributed by atoms with E-state index in [0.29, 0.717) is 11.7 Å². The fourth-order valence-corrected chi connectivity index (χ4v) is 3.31. The highest BCUT2D eigenvalue weighted by atomic mass is 16.4. The number of aromatic carboxylic acids is 1. The third-order valence-electron chi connectivity index (χ3n) is 4.81. The number of likely N-dealkylation sites (N-methyl/N-ethyl adjacent to an activating group) is 1. The van der Waals surface area contributed by atoms with Crippen LogP contribution in [0.25, 0.3) is 10.9 Å². The molecule has 6 nitrogen and oxygen atoms in total. The number of carboxylic acid groups (broad SMARTS) is 1. The van der Waals surface area contributed by atoms with E-state index >= 15 is 0 Å². The van der Waals surface area contributed by atoms with E-state index in [1.54, 1.807) is 0 Å². The summed E-state index contributed by atoms with van der Waals surface area (Å²) in [6.45, 7) is 4.22. The summed E-state index contributed by atoms with van der Waals surface area (Å²) >= 11 is 0. The van der Waals surface area contributed by atoms with Crippen molar-refractivity contribution < 1.29 is 9.90 Å². The number of carbonyl (C=O) groups is 1. The lowest BCUT2D eigenvalue weighted by Crippen LogP contribution is -2.42. The highest BCUT2D eigenvalue weighted by molar-refractivity contribution is 6.04. The van der Waals surface area contributed by atoms with E-state index in [1.807, 2.05) is 24.3 Å². The van der Waals surface area contributed by atoms with Crippen molar-refractivity contribution in [2.75, 3.05) is 45.6 Å². The number of benzene rings is 1. The zero-order chi connectivity index (χ0) is 17.8. The van der Waals surface area contributed by atoms with Crippen molar-refractivity contribution in [3.05, 3.63) is 36.0 Å². The van der Waals surface area contributed by atoms with Gasteiger partial charge in [-0.15, -0.1) is 0 Å². The second kappa shape index (κ2) is 7.80. The van der Waals surface area contributed by atoms with Gasteiger partial charge in [0.25, 0.3) is 0 Å². The van der Waals surface area contributed by atoms with E-state index < -0.39 is 5.97 Å². The Morgan fingerprint density at radius 1 is 1.32 bits per heavy atom. The third-order valence-corrected chi connectivity index (χ3v) is 4.81. The van der Waals surface area contributed by atoms with E-state index in [1.165, 1.54) is 6.20 Å². The van der Waals surface area contributed by atoms with Crippen LogP contribution in [0.4, 0.5) is 5.69 Å². The monoisotopic (exact) mass is 342 g/mol. The topological polar surface area (TPSA) is 68.7 Å². The van der Waals surface area contributed by atoms with E-state index in [2.05, 4.69) is 34.2 Å². The molecular formula is C19H26N4O2. The molecule has 134 valence electrons. The largest absolute Gasteiger partial charge is 0.478 e. The van der Waals surface area contributed by atoms with Gasteiger partial charge >= 0.3 is 5.97 Å². The SMILES string of the molecule is CN(C)CCN1CCC(Nc2c(C(=O)O)cnc3ccccc23)CC1. The molecule has 0 aliphatic carbocycles.